The smallest absolute Gasteiger partial charge is 0.208 e. The SMILES string of the molecule is Clc1cnccc1N1CCN(c2nnc(Cc3ccccc3)s2)CC1. The summed E-state index contributed by atoms with van der Waals surface area (Å²) in [6.45, 7) is 3.66. The van der Waals surface area contributed by atoms with Gasteiger partial charge in [0.05, 0.1) is 10.7 Å². The molecule has 1 aliphatic rings. The van der Waals surface area contributed by atoms with Gasteiger partial charge in [0, 0.05) is 45.0 Å². The summed E-state index contributed by atoms with van der Waals surface area (Å²) in [6.07, 6.45) is 4.32. The molecule has 0 saturated carbocycles. The minimum Gasteiger partial charge on any atom is -0.367 e. The first kappa shape index (κ1) is 16.3. The van der Waals surface area contributed by atoms with Gasteiger partial charge in [0.25, 0.3) is 0 Å². The highest BCUT2D eigenvalue weighted by Gasteiger charge is 2.21. The van der Waals surface area contributed by atoms with Crippen molar-refractivity contribution < 1.29 is 0 Å². The van der Waals surface area contributed by atoms with E-state index in [2.05, 4.69) is 49.2 Å². The molecule has 0 unspecified atom stereocenters. The van der Waals surface area contributed by atoms with Crippen LogP contribution in [0.15, 0.2) is 48.8 Å². The number of hydrogen-bond donors (Lipinski definition) is 0. The Balaban J connectivity index is 1.39. The van der Waals surface area contributed by atoms with Gasteiger partial charge in [-0.15, -0.1) is 10.2 Å². The Kier molecular flexibility index (Phi) is 4.81. The van der Waals surface area contributed by atoms with Crippen molar-refractivity contribution in [1.82, 2.24) is 15.2 Å². The van der Waals surface area contributed by atoms with Crippen molar-refractivity contribution in [3.8, 4) is 0 Å². The number of pyridine rings is 1. The molecule has 25 heavy (non-hydrogen) atoms. The maximum absolute atomic E-state index is 6.25. The molecule has 1 aromatic carbocycles. The van der Waals surface area contributed by atoms with E-state index in [-0.39, 0.29) is 0 Å². The number of piperazine rings is 1. The number of hydrogen-bond acceptors (Lipinski definition) is 6. The zero-order valence-electron chi connectivity index (χ0n) is 13.7. The minimum absolute atomic E-state index is 0.706. The van der Waals surface area contributed by atoms with Crippen LogP contribution in [0.1, 0.15) is 10.6 Å². The second-order valence-corrected chi connectivity index (χ2v) is 7.39. The molecule has 1 fully saturated rings. The number of halogens is 1. The Bertz CT molecular complexity index is 830. The minimum atomic E-state index is 0.706. The van der Waals surface area contributed by atoms with Crippen molar-refractivity contribution in [2.75, 3.05) is 36.0 Å². The van der Waals surface area contributed by atoms with E-state index in [4.69, 9.17) is 11.6 Å². The molecule has 0 atom stereocenters. The summed E-state index contributed by atoms with van der Waals surface area (Å²) in [7, 11) is 0. The average Bonchev–Trinajstić information content (AvgIpc) is 3.12. The molecule has 0 spiro atoms. The second kappa shape index (κ2) is 7.37. The lowest BCUT2D eigenvalue weighted by atomic mass is 10.2. The lowest BCUT2D eigenvalue weighted by molar-refractivity contribution is 0.649. The first-order valence-corrected chi connectivity index (χ1v) is 9.45. The number of nitrogens with zero attached hydrogens (tertiary/aromatic N) is 5. The summed E-state index contributed by atoms with van der Waals surface area (Å²) in [6, 6.07) is 12.4. The summed E-state index contributed by atoms with van der Waals surface area (Å²) < 4.78 is 0. The molecule has 7 heteroatoms. The van der Waals surface area contributed by atoms with Crippen molar-refractivity contribution in [2.24, 2.45) is 0 Å². The first-order chi connectivity index (χ1) is 12.3. The fraction of sp³-hybridized carbons (Fsp3) is 0.278. The van der Waals surface area contributed by atoms with E-state index in [9.17, 15) is 0 Å². The molecule has 0 radical (unpaired) electrons. The normalized spacial score (nSPS) is 14.8. The topological polar surface area (TPSA) is 45.2 Å². The number of benzene rings is 1. The van der Waals surface area contributed by atoms with E-state index in [0.29, 0.717) is 5.02 Å². The standard InChI is InChI=1S/C18H18ClN5S/c19-15-13-20-7-6-16(15)23-8-10-24(11-9-23)18-22-21-17(25-18)12-14-4-2-1-3-5-14/h1-7,13H,8-12H2. The molecule has 3 heterocycles. The highest BCUT2D eigenvalue weighted by molar-refractivity contribution is 7.15. The van der Waals surface area contributed by atoms with Crippen molar-refractivity contribution in [2.45, 2.75) is 6.42 Å². The molecule has 1 saturated heterocycles. The third-order valence-corrected chi connectivity index (χ3v) is 5.57. The third kappa shape index (κ3) is 3.75. The Hall–Kier alpha value is -2.18. The highest BCUT2D eigenvalue weighted by Crippen LogP contribution is 2.28. The van der Waals surface area contributed by atoms with Gasteiger partial charge in [-0.05, 0) is 11.6 Å². The van der Waals surface area contributed by atoms with Gasteiger partial charge in [-0.2, -0.15) is 0 Å². The van der Waals surface area contributed by atoms with Gasteiger partial charge >= 0.3 is 0 Å². The Morgan fingerprint density at radius 2 is 1.72 bits per heavy atom. The largest absolute Gasteiger partial charge is 0.367 e. The monoisotopic (exact) mass is 371 g/mol. The molecular formula is C18H18ClN5S. The quantitative estimate of drug-likeness (QED) is 0.702. The maximum Gasteiger partial charge on any atom is 0.208 e. The van der Waals surface area contributed by atoms with Crippen LogP contribution in [0.3, 0.4) is 0 Å². The predicted molar refractivity (Wildman–Crippen MR) is 103 cm³/mol. The van der Waals surface area contributed by atoms with Crippen LogP contribution in [0.4, 0.5) is 10.8 Å². The van der Waals surface area contributed by atoms with Gasteiger partial charge in [0.15, 0.2) is 0 Å². The van der Waals surface area contributed by atoms with Crippen LogP contribution in [-0.4, -0.2) is 41.4 Å². The van der Waals surface area contributed by atoms with Crippen LogP contribution >= 0.6 is 22.9 Å². The van der Waals surface area contributed by atoms with E-state index in [0.717, 1.165) is 48.4 Å². The second-order valence-electron chi connectivity index (χ2n) is 5.94. The molecule has 1 aliphatic heterocycles. The van der Waals surface area contributed by atoms with Crippen LogP contribution < -0.4 is 9.80 Å². The number of rotatable bonds is 4. The van der Waals surface area contributed by atoms with Crippen LogP contribution in [-0.2, 0) is 6.42 Å². The zero-order valence-corrected chi connectivity index (χ0v) is 15.2. The Labute approximate surface area is 155 Å². The summed E-state index contributed by atoms with van der Waals surface area (Å²) in [4.78, 5) is 8.66. The molecule has 5 nitrogen and oxygen atoms in total. The number of anilines is 2. The molecule has 0 bridgehead atoms. The molecule has 2 aromatic heterocycles. The molecule has 0 aliphatic carbocycles. The zero-order chi connectivity index (χ0) is 17.1. The Morgan fingerprint density at radius 1 is 0.960 bits per heavy atom. The van der Waals surface area contributed by atoms with Crippen molar-refractivity contribution in [3.05, 3.63) is 64.4 Å². The van der Waals surface area contributed by atoms with E-state index in [1.54, 1.807) is 23.7 Å². The van der Waals surface area contributed by atoms with E-state index >= 15 is 0 Å². The lowest BCUT2D eigenvalue weighted by Crippen LogP contribution is -2.46. The molecular weight excluding hydrogens is 354 g/mol. The maximum atomic E-state index is 6.25. The summed E-state index contributed by atoms with van der Waals surface area (Å²) >= 11 is 7.94. The average molecular weight is 372 g/mol. The van der Waals surface area contributed by atoms with E-state index < -0.39 is 0 Å². The van der Waals surface area contributed by atoms with Crippen molar-refractivity contribution in [3.63, 3.8) is 0 Å². The number of aromatic nitrogens is 3. The lowest BCUT2D eigenvalue weighted by Gasteiger charge is -2.36. The third-order valence-electron chi connectivity index (χ3n) is 4.30. The molecule has 0 amide bonds. The predicted octanol–water partition coefficient (Wildman–Crippen LogP) is 3.50. The van der Waals surface area contributed by atoms with Gasteiger partial charge in [0.1, 0.15) is 5.01 Å². The molecule has 0 N–H and O–H groups in total. The van der Waals surface area contributed by atoms with Crippen molar-refractivity contribution in [1.29, 1.82) is 0 Å². The first-order valence-electron chi connectivity index (χ1n) is 8.25. The van der Waals surface area contributed by atoms with Crippen LogP contribution in [0, 0.1) is 0 Å². The summed E-state index contributed by atoms with van der Waals surface area (Å²) in [5, 5.41) is 11.5. The van der Waals surface area contributed by atoms with E-state index in [1.807, 2.05) is 12.1 Å². The fourth-order valence-corrected chi connectivity index (χ4v) is 4.14. The van der Waals surface area contributed by atoms with Gasteiger partial charge in [0.2, 0.25) is 5.13 Å². The van der Waals surface area contributed by atoms with Crippen LogP contribution in [0.5, 0.6) is 0 Å². The van der Waals surface area contributed by atoms with Gasteiger partial charge in [-0.1, -0.05) is 53.3 Å². The fourth-order valence-electron chi connectivity index (χ4n) is 2.98. The molecule has 3 aromatic rings. The van der Waals surface area contributed by atoms with Gasteiger partial charge in [-0.3, -0.25) is 4.98 Å². The van der Waals surface area contributed by atoms with Crippen LogP contribution in [0.2, 0.25) is 5.02 Å². The highest BCUT2D eigenvalue weighted by atomic mass is 35.5. The summed E-state index contributed by atoms with van der Waals surface area (Å²) in [5.74, 6) is 0. The Morgan fingerprint density at radius 3 is 2.48 bits per heavy atom. The molecule has 128 valence electrons. The van der Waals surface area contributed by atoms with Gasteiger partial charge < -0.3 is 9.80 Å². The molecule has 4 rings (SSSR count). The summed E-state index contributed by atoms with van der Waals surface area (Å²) in [5.41, 5.74) is 2.32. The van der Waals surface area contributed by atoms with E-state index in [1.165, 1.54) is 5.56 Å². The van der Waals surface area contributed by atoms with Gasteiger partial charge in [-0.25, -0.2) is 0 Å². The van der Waals surface area contributed by atoms with Crippen molar-refractivity contribution >= 4 is 33.8 Å². The van der Waals surface area contributed by atoms with Crippen LogP contribution in [0.25, 0.3) is 0 Å².